The number of aliphatic imine (C=N–C) groups is 1. The molecule has 5 rings (SSSR count). The number of ether oxygens (including phenoxy) is 2. The number of rotatable bonds is 8. The Balaban J connectivity index is 1.69. The number of halogens is 1. The maximum atomic E-state index is 14.6. The molecule has 0 amide bonds. The summed E-state index contributed by atoms with van der Waals surface area (Å²) in [5.41, 5.74) is 3.71. The minimum absolute atomic E-state index is 0.0315. The molecule has 0 radical (unpaired) electrons. The van der Waals surface area contributed by atoms with Crippen LogP contribution in [-0.2, 0) is 19.1 Å². The molecular weight excluding hydrogens is 535 g/mol. The number of thiazole rings is 1. The number of carbonyl (C=O) groups excluding carboxylic acids is 1. The smallest absolute Gasteiger partial charge is 0.338 e. The van der Waals surface area contributed by atoms with Crippen LogP contribution in [-0.4, -0.2) is 71.7 Å². The lowest BCUT2D eigenvalue weighted by molar-refractivity contribution is -0.149. The van der Waals surface area contributed by atoms with Gasteiger partial charge < -0.3 is 19.9 Å². The molecule has 1 unspecified atom stereocenters. The highest BCUT2D eigenvalue weighted by Gasteiger charge is 2.37. The molecule has 11 heteroatoms. The standard InChI is InChI=1S/C29H29FN4O5S/c1-3-39-29(37)24-22(15-34-11-12-38-16-23(34)28(35)36)32-26(27-31-10-13-40-27)33-25(24)20-9-8-19(30)14-21(20)18-6-4-17(2)5-7-18/h4-10,13-14,23,25H,3,11-12,15-16H2,1-2H3,(H,32,33)(H,35,36)/t23-,25?/m0/s1. The van der Waals surface area contributed by atoms with Gasteiger partial charge in [0.05, 0.1) is 25.4 Å². The van der Waals surface area contributed by atoms with Crippen molar-refractivity contribution in [3.63, 3.8) is 0 Å². The van der Waals surface area contributed by atoms with Crippen molar-refractivity contribution in [2.75, 3.05) is 32.9 Å². The van der Waals surface area contributed by atoms with E-state index < -0.39 is 29.8 Å². The number of nitrogens with one attached hydrogen (secondary N) is 1. The molecule has 0 spiro atoms. The normalized spacial score (nSPS) is 19.6. The lowest BCUT2D eigenvalue weighted by Gasteiger charge is -2.35. The molecule has 2 atom stereocenters. The van der Waals surface area contributed by atoms with Gasteiger partial charge in [0.1, 0.15) is 17.9 Å². The highest BCUT2D eigenvalue weighted by Crippen LogP contribution is 2.39. The highest BCUT2D eigenvalue weighted by atomic mass is 32.1. The third-order valence-corrected chi connectivity index (χ3v) is 7.59. The number of benzene rings is 2. The second-order valence-corrected chi connectivity index (χ2v) is 10.3. The molecular formula is C29H29FN4O5S. The number of hydrogen-bond donors (Lipinski definition) is 2. The molecule has 40 heavy (non-hydrogen) atoms. The average molecular weight is 565 g/mol. The molecule has 0 saturated carbocycles. The molecule has 1 fully saturated rings. The van der Waals surface area contributed by atoms with Crippen molar-refractivity contribution in [2.45, 2.75) is 25.9 Å². The van der Waals surface area contributed by atoms with E-state index in [4.69, 9.17) is 14.5 Å². The van der Waals surface area contributed by atoms with Crippen LogP contribution in [0, 0.1) is 12.7 Å². The number of carbonyl (C=O) groups is 2. The summed E-state index contributed by atoms with van der Waals surface area (Å²) < 4.78 is 25.5. The number of hydrogen-bond acceptors (Lipinski definition) is 9. The molecule has 1 saturated heterocycles. The Morgan fingerprint density at radius 3 is 2.75 bits per heavy atom. The summed E-state index contributed by atoms with van der Waals surface area (Å²) in [6.45, 7) is 4.67. The Morgan fingerprint density at radius 2 is 2.05 bits per heavy atom. The van der Waals surface area contributed by atoms with Crippen LogP contribution in [0.15, 0.2) is 70.3 Å². The summed E-state index contributed by atoms with van der Waals surface area (Å²) >= 11 is 1.37. The van der Waals surface area contributed by atoms with Crippen LogP contribution < -0.4 is 5.32 Å². The van der Waals surface area contributed by atoms with Crippen molar-refractivity contribution in [2.24, 2.45) is 4.99 Å². The van der Waals surface area contributed by atoms with Gasteiger partial charge in [-0.15, -0.1) is 11.3 Å². The van der Waals surface area contributed by atoms with E-state index in [9.17, 15) is 19.1 Å². The van der Waals surface area contributed by atoms with Gasteiger partial charge in [-0.25, -0.2) is 14.2 Å². The lowest BCUT2D eigenvalue weighted by Crippen LogP contribution is -2.52. The first-order chi connectivity index (χ1) is 19.4. The molecule has 2 aliphatic rings. The maximum Gasteiger partial charge on any atom is 0.338 e. The predicted octanol–water partition coefficient (Wildman–Crippen LogP) is 3.95. The molecule has 3 aromatic rings. The van der Waals surface area contributed by atoms with E-state index in [0.717, 1.165) is 11.1 Å². The van der Waals surface area contributed by atoms with Crippen LogP contribution in [0.1, 0.15) is 29.1 Å². The van der Waals surface area contributed by atoms with Gasteiger partial charge in [0, 0.05) is 30.4 Å². The third kappa shape index (κ3) is 5.81. The van der Waals surface area contributed by atoms with E-state index in [1.165, 1.54) is 23.5 Å². The van der Waals surface area contributed by atoms with Crippen molar-refractivity contribution in [3.05, 3.63) is 87.3 Å². The van der Waals surface area contributed by atoms with E-state index in [2.05, 4.69) is 10.3 Å². The molecule has 0 aliphatic carbocycles. The van der Waals surface area contributed by atoms with E-state index in [-0.39, 0.29) is 25.3 Å². The van der Waals surface area contributed by atoms with Gasteiger partial charge in [0.25, 0.3) is 0 Å². The number of nitrogens with zero attached hydrogens (tertiary/aromatic N) is 3. The van der Waals surface area contributed by atoms with Gasteiger partial charge in [-0.2, -0.15) is 0 Å². The van der Waals surface area contributed by atoms with E-state index in [1.54, 1.807) is 24.1 Å². The fraction of sp³-hybridized carbons (Fsp3) is 0.310. The number of esters is 1. The van der Waals surface area contributed by atoms with E-state index in [1.807, 2.05) is 36.6 Å². The fourth-order valence-corrected chi connectivity index (χ4v) is 5.44. The molecule has 2 N–H and O–H groups in total. The van der Waals surface area contributed by atoms with Crippen LogP contribution >= 0.6 is 11.3 Å². The van der Waals surface area contributed by atoms with Gasteiger partial charge in [0.15, 0.2) is 10.8 Å². The van der Waals surface area contributed by atoms with Crippen molar-refractivity contribution in [1.29, 1.82) is 0 Å². The summed E-state index contributed by atoms with van der Waals surface area (Å²) in [7, 11) is 0. The Bertz CT molecular complexity index is 1460. The summed E-state index contributed by atoms with van der Waals surface area (Å²) in [6.07, 6.45) is 1.65. The van der Waals surface area contributed by atoms with Crippen LogP contribution in [0.5, 0.6) is 0 Å². The van der Waals surface area contributed by atoms with Crippen LogP contribution in [0.4, 0.5) is 4.39 Å². The van der Waals surface area contributed by atoms with Gasteiger partial charge in [-0.1, -0.05) is 35.9 Å². The Labute approximate surface area is 235 Å². The molecule has 2 aromatic carbocycles. The van der Waals surface area contributed by atoms with E-state index in [0.29, 0.717) is 40.8 Å². The largest absolute Gasteiger partial charge is 0.480 e. The van der Waals surface area contributed by atoms with Crippen molar-refractivity contribution >= 4 is 29.1 Å². The number of carboxylic acids is 1. The number of aliphatic carboxylic acids is 1. The first-order valence-corrected chi connectivity index (χ1v) is 13.8. The van der Waals surface area contributed by atoms with Crippen LogP contribution in [0.3, 0.4) is 0 Å². The summed E-state index contributed by atoms with van der Waals surface area (Å²) in [5.74, 6) is -1.59. The molecule has 208 valence electrons. The number of morpholine rings is 1. The number of carboxylic acid groups (broad SMARTS) is 1. The average Bonchev–Trinajstić information content (AvgIpc) is 3.49. The van der Waals surface area contributed by atoms with Gasteiger partial charge >= 0.3 is 11.9 Å². The first kappa shape index (κ1) is 27.6. The van der Waals surface area contributed by atoms with Gasteiger partial charge in [-0.05, 0) is 42.7 Å². The van der Waals surface area contributed by atoms with Crippen molar-refractivity contribution in [3.8, 4) is 11.1 Å². The number of aryl methyl sites for hydroxylation is 1. The van der Waals surface area contributed by atoms with Crippen molar-refractivity contribution in [1.82, 2.24) is 15.2 Å². The van der Waals surface area contributed by atoms with Crippen LogP contribution in [0.2, 0.25) is 0 Å². The molecule has 1 aromatic heterocycles. The SMILES string of the molecule is CCOC(=O)C1=C(CN2CCOC[C@H]2C(=O)O)NC(c2nccs2)=NC1c1ccc(F)cc1-c1ccc(C)cc1. The predicted molar refractivity (Wildman–Crippen MR) is 149 cm³/mol. The van der Waals surface area contributed by atoms with Gasteiger partial charge in [0.2, 0.25) is 0 Å². The highest BCUT2D eigenvalue weighted by molar-refractivity contribution is 7.11. The topological polar surface area (TPSA) is 113 Å². The minimum Gasteiger partial charge on any atom is -0.480 e. The Hall–Kier alpha value is -3.93. The molecule has 2 aliphatic heterocycles. The second kappa shape index (κ2) is 12.1. The number of amidine groups is 1. The summed E-state index contributed by atoms with van der Waals surface area (Å²) in [6, 6.07) is 10.3. The Kier molecular flexibility index (Phi) is 8.34. The quantitative estimate of drug-likeness (QED) is 0.396. The zero-order valence-electron chi connectivity index (χ0n) is 22.1. The Morgan fingerprint density at radius 1 is 1.25 bits per heavy atom. The summed E-state index contributed by atoms with van der Waals surface area (Å²) in [4.78, 5) is 36.6. The molecule has 9 nitrogen and oxygen atoms in total. The first-order valence-electron chi connectivity index (χ1n) is 12.9. The summed E-state index contributed by atoms with van der Waals surface area (Å²) in [5, 5.41) is 15.5. The zero-order valence-corrected chi connectivity index (χ0v) is 22.9. The minimum atomic E-state index is -1.01. The zero-order chi connectivity index (χ0) is 28.2. The third-order valence-electron chi connectivity index (χ3n) is 6.81. The lowest BCUT2D eigenvalue weighted by atomic mass is 9.88. The fourth-order valence-electron chi connectivity index (χ4n) is 4.85. The number of aromatic nitrogens is 1. The van der Waals surface area contributed by atoms with Crippen LogP contribution in [0.25, 0.3) is 11.1 Å². The molecule has 0 bridgehead atoms. The maximum absolute atomic E-state index is 14.6. The second-order valence-electron chi connectivity index (χ2n) is 9.45. The van der Waals surface area contributed by atoms with Gasteiger partial charge in [-0.3, -0.25) is 14.7 Å². The van der Waals surface area contributed by atoms with Crippen molar-refractivity contribution < 1.29 is 28.6 Å². The monoisotopic (exact) mass is 564 g/mol. The van der Waals surface area contributed by atoms with E-state index >= 15 is 0 Å². The molecule has 3 heterocycles.